The van der Waals surface area contributed by atoms with Gasteiger partial charge in [0.25, 0.3) is 11.8 Å². The van der Waals surface area contributed by atoms with Crippen LogP contribution in [0, 0.1) is 0 Å². The predicted molar refractivity (Wildman–Crippen MR) is 138 cm³/mol. The molecule has 0 radical (unpaired) electrons. The van der Waals surface area contributed by atoms with E-state index in [1.165, 1.54) is 6.08 Å². The highest BCUT2D eigenvalue weighted by atomic mass is 35.5. The molecule has 1 aliphatic heterocycles. The molecule has 0 bridgehead atoms. The van der Waals surface area contributed by atoms with Gasteiger partial charge in [-0.15, -0.1) is 0 Å². The molecule has 1 N–H and O–H groups in total. The zero-order valence-corrected chi connectivity index (χ0v) is 21.0. The number of urea groups is 1. The topological polar surface area (TPSA) is 84.9 Å². The molecule has 1 aliphatic rings. The summed E-state index contributed by atoms with van der Waals surface area (Å²) in [6.07, 6.45) is 1.22. The summed E-state index contributed by atoms with van der Waals surface area (Å²) in [5.74, 6) is -0.582. The molecule has 7 nitrogen and oxygen atoms in total. The quantitative estimate of drug-likeness (QED) is 0.301. The first-order valence-electron chi connectivity index (χ1n) is 11.1. The lowest BCUT2D eigenvalue weighted by Gasteiger charge is -2.26. The van der Waals surface area contributed by atoms with Gasteiger partial charge in [-0.25, -0.2) is 9.69 Å². The number of hydrogen-bond acceptors (Lipinski definition) is 5. The van der Waals surface area contributed by atoms with Crippen molar-refractivity contribution in [2.75, 3.05) is 4.90 Å². The van der Waals surface area contributed by atoms with Crippen LogP contribution < -0.4 is 19.7 Å². The van der Waals surface area contributed by atoms with Crippen LogP contribution in [0.15, 0.2) is 72.3 Å². The number of ether oxygens (including phenoxy) is 2. The molecule has 4 rings (SSSR count). The van der Waals surface area contributed by atoms with Crippen molar-refractivity contribution in [2.45, 2.75) is 26.6 Å². The van der Waals surface area contributed by atoms with Crippen LogP contribution in [0.1, 0.15) is 25.0 Å². The van der Waals surface area contributed by atoms with Crippen LogP contribution in [-0.4, -0.2) is 23.9 Å². The van der Waals surface area contributed by atoms with E-state index in [4.69, 9.17) is 32.7 Å². The summed E-state index contributed by atoms with van der Waals surface area (Å²) < 4.78 is 11.5. The summed E-state index contributed by atoms with van der Waals surface area (Å²) >= 11 is 12.0. The van der Waals surface area contributed by atoms with Crippen molar-refractivity contribution < 1.29 is 23.9 Å². The molecule has 0 unspecified atom stereocenters. The van der Waals surface area contributed by atoms with Gasteiger partial charge in [-0.3, -0.25) is 14.9 Å². The Morgan fingerprint density at radius 2 is 1.58 bits per heavy atom. The van der Waals surface area contributed by atoms with Crippen molar-refractivity contribution >= 4 is 52.8 Å². The van der Waals surface area contributed by atoms with Gasteiger partial charge in [-0.05, 0) is 80.1 Å². The number of carbonyl (C=O) groups excluding carboxylic acids is 3. The maximum absolute atomic E-state index is 13.3. The number of nitrogens with one attached hydrogen (secondary N) is 1. The van der Waals surface area contributed by atoms with Crippen molar-refractivity contribution in [1.29, 1.82) is 0 Å². The Morgan fingerprint density at radius 3 is 2.25 bits per heavy atom. The summed E-state index contributed by atoms with van der Waals surface area (Å²) in [5, 5.41) is 3.26. The number of halogens is 2. The number of hydrogen-bond donors (Lipinski definition) is 1. The third kappa shape index (κ3) is 5.87. The molecule has 0 saturated carbocycles. The Hall–Kier alpha value is -3.81. The van der Waals surface area contributed by atoms with Gasteiger partial charge in [0.2, 0.25) is 0 Å². The van der Waals surface area contributed by atoms with Crippen molar-refractivity contribution in [3.8, 4) is 11.5 Å². The average molecular weight is 525 g/mol. The molecule has 1 saturated heterocycles. The minimum Gasteiger partial charge on any atom is -0.490 e. The number of barbiturate groups is 1. The van der Waals surface area contributed by atoms with E-state index in [1.807, 2.05) is 26.0 Å². The molecule has 3 aromatic rings. The van der Waals surface area contributed by atoms with Gasteiger partial charge >= 0.3 is 6.03 Å². The lowest BCUT2D eigenvalue weighted by atomic mass is 10.1. The second-order valence-corrected chi connectivity index (χ2v) is 9.09. The number of carbonyl (C=O) groups is 3. The standard InChI is InChI=1S/C27H22Cl2N2O5/c1-16(2)36-24-12-7-20(29)13-18(24)14-23-25(32)30-27(34)31(26(23)33)21-8-10-22(11-9-21)35-15-17-3-5-19(28)6-4-17/h3-14,16H,15H2,1-2H3,(H,30,32,34)/b23-14+. The van der Waals surface area contributed by atoms with E-state index in [0.29, 0.717) is 33.7 Å². The number of amides is 4. The van der Waals surface area contributed by atoms with Crippen LogP contribution in [0.2, 0.25) is 10.0 Å². The number of nitrogens with zero attached hydrogens (tertiary/aromatic N) is 1. The summed E-state index contributed by atoms with van der Waals surface area (Å²) in [7, 11) is 0. The molecular formula is C27H22Cl2N2O5. The van der Waals surface area contributed by atoms with Gasteiger partial charge in [0.05, 0.1) is 11.8 Å². The molecule has 4 amide bonds. The fraction of sp³-hybridized carbons (Fsp3) is 0.148. The van der Waals surface area contributed by atoms with E-state index in [0.717, 1.165) is 10.5 Å². The summed E-state index contributed by atoms with van der Waals surface area (Å²) in [4.78, 5) is 39.3. The van der Waals surface area contributed by atoms with Crippen molar-refractivity contribution in [1.82, 2.24) is 5.32 Å². The van der Waals surface area contributed by atoms with Gasteiger partial charge in [-0.2, -0.15) is 0 Å². The smallest absolute Gasteiger partial charge is 0.335 e. The molecule has 184 valence electrons. The molecular weight excluding hydrogens is 503 g/mol. The molecule has 36 heavy (non-hydrogen) atoms. The molecule has 0 atom stereocenters. The van der Waals surface area contributed by atoms with Crippen LogP contribution in [0.5, 0.6) is 11.5 Å². The van der Waals surface area contributed by atoms with Crippen LogP contribution >= 0.6 is 23.2 Å². The zero-order valence-electron chi connectivity index (χ0n) is 19.5. The minimum absolute atomic E-state index is 0.141. The molecule has 9 heteroatoms. The SMILES string of the molecule is CC(C)Oc1ccc(Cl)cc1/C=C1\C(=O)NC(=O)N(c2ccc(OCc3ccc(Cl)cc3)cc2)C1=O. The van der Waals surface area contributed by atoms with Crippen LogP contribution in [0.3, 0.4) is 0 Å². The van der Waals surface area contributed by atoms with E-state index >= 15 is 0 Å². The summed E-state index contributed by atoms with van der Waals surface area (Å²) in [6, 6.07) is 17.7. The molecule has 0 aliphatic carbocycles. The number of rotatable bonds is 7. The van der Waals surface area contributed by atoms with Crippen LogP contribution in [0.25, 0.3) is 6.08 Å². The Morgan fingerprint density at radius 1 is 0.917 bits per heavy atom. The molecule has 1 heterocycles. The first-order chi connectivity index (χ1) is 17.2. The summed E-state index contributed by atoms with van der Waals surface area (Å²) in [5.41, 5.74) is 1.42. The Bertz CT molecular complexity index is 1340. The lowest BCUT2D eigenvalue weighted by Crippen LogP contribution is -2.54. The second kappa shape index (κ2) is 10.8. The van der Waals surface area contributed by atoms with Gasteiger partial charge in [0, 0.05) is 15.6 Å². The van der Waals surface area contributed by atoms with E-state index in [9.17, 15) is 14.4 Å². The fourth-order valence-electron chi connectivity index (χ4n) is 3.48. The monoisotopic (exact) mass is 524 g/mol. The highest BCUT2D eigenvalue weighted by molar-refractivity contribution is 6.39. The van der Waals surface area contributed by atoms with Crippen molar-refractivity contribution in [3.63, 3.8) is 0 Å². The third-order valence-electron chi connectivity index (χ3n) is 5.15. The first kappa shape index (κ1) is 25.3. The van der Waals surface area contributed by atoms with E-state index in [-0.39, 0.29) is 17.4 Å². The molecule has 1 fully saturated rings. The van der Waals surface area contributed by atoms with E-state index in [1.54, 1.807) is 54.6 Å². The zero-order chi connectivity index (χ0) is 25.8. The Kier molecular flexibility index (Phi) is 7.62. The van der Waals surface area contributed by atoms with Gasteiger partial charge in [0.1, 0.15) is 23.7 Å². The second-order valence-electron chi connectivity index (χ2n) is 8.22. The van der Waals surface area contributed by atoms with Crippen molar-refractivity contribution in [2.24, 2.45) is 0 Å². The number of anilines is 1. The number of benzene rings is 3. The van der Waals surface area contributed by atoms with Gasteiger partial charge in [-0.1, -0.05) is 35.3 Å². The van der Waals surface area contributed by atoms with Crippen LogP contribution in [-0.2, 0) is 16.2 Å². The van der Waals surface area contributed by atoms with E-state index < -0.39 is 17.8 Å². The highest BCUT2D eigenvalue weighted by Crippen LogP contribution is 2.29. The third-order valence-corrected chi connectivity index (χ3v) is 5.64. The first-order valence-corrected chi connectivity index (χ1v) is 11.8. The van der Waals surface area contributed by atoms with Crippen molar-refractivity contribution in [3.05, 3.63) is 93.5 Å². The van der Waals surface area contributed by atoms with Gasteiger partial charge in [0.15, 0.2) is 0 Å². The number of imide groups is 2. The lowest BCUT2D eigenvalue weighted by molar-refractivity contribution is -0.122. The maximum atomic E-state index is 13.3. The predicted octanol–water partition coefficient (Wildman–Crippen LogP) is 6.03. The Balaban J connectivity index is 1.56. The average Bonchev–Trinajstić information content (AvgIpc) is 2.83. The molecule has 0 spiro atoms. The normalized spacial score (nSPS) is 14.9. The minimum atomic E-state index is -0.846. The summed E-state index contributed by atoms with van der Waals surface area (Å²) in [6.45, 7) is 4.03. The van der Waals surface area contributed by atoms with Gasteiger partial charge < -0.3 is 9.47 Å². The largest absolute Gasteiger partial charge is 0.490 e. The van der Waals surface area contributed by atoms with Crippen LogP contribution in [0.4, 0.5) is 10.5 Å². The molecule has 0 aromatic heterocycles. The van der Waals surface area contributed by atoms with E-state index in [2.05, 4.69) is 5.32 Å². The molecule has 3 aromatic carbocycles. The maximum Gasteiger partial charge on any atom is 0.335 e. The highest BCUT2D eigenvalue weighted by Gasteiger charge is 2.37. The fourth-order valence-corrected chi connectivity index (χ4v) is 3.79. The Labute approximate surface area is 218 Å².